The fourth-order valence-corrected chi connectivity index (χ4v) is 4.89. The van der Waals surface area contributed by atoms with Gasteiger partial charge in [-0.1, -0.05) is 30.3 Å². The molecule has 0 spiro atoms. The van der Waals surface area contributed by atoms with E-state index in [0.717, 1.165) is 51.1 Å². The van der Waals surface area contributed by atoms with E-state index >= 15 is 0 Å². The molecule has 0 radical (unpaired) electrons. The van der Waals surface area contributed by atoms with Crippen LogP contribution in [0.25, 0.3) is 0 Å². The van der Waals surface area contributed by atoms with Crippen molar-refractivity contribution in [3.63, 3.8) is 0 Å². The smallest absolute Gasteiger partial charge is 0.226 e. The van der Waals surface area contributed by atoms with Gasteiger partial charge < -0.3 is 10.2 Å². The van der Waals surface area contributed by atoms with Crippen molar-refractivity contribution in [2.45, 2.75) is 25.2 Å². The number of nitrogens with one attached hydrogen (secondary N) is 2. The second kappa shape index (κ2) is 6.54. The molecule has 1 saturated carbocycles. The molecule has 2 saturated heterocycles. The second-order valence-electron chi connectivity index (χ2n) is 8.09. The number of rotatable bonds is 4. The summed E-state index contributed by atoms with van der Waals surface area (Å²) >= 11 is 0. The molecule has 3 fully saturated rings. The number of amides is 1. The average Bonchev–Trinajstić information content (AvgIpc) is 3.04. The van der Waals surface area contributed by atoms with Gasteiger partial charge in [-0.15, -0.1) is 0 Å². The number of aromatic nitrogens is 2. The predicted molar refractivity (Wildman–Crippen MR) is 99.7 cm³/mol. The molecule has 0 bridgehead atoms. The Morgan fingerprint density at radius 2 is 1.85 bits per heavy atom. The van der Waals surface area contributed by atoms with Crippen LogP contribution < -0.4 is 5.32 Å². The number of nitrogens with zero attached hydrogens (tertiary/aromatic N) is 2. The lowest BCUT2D eigenvalue weighted by Crippen LogP contribution is -2.40. The molecule has 1 aromatic carbocycles. The topological polar surface area (TPSA) is 61.0 Å². The minimum atomic E-state index is 0.315. The summed E-state index contributed by atoms with van der Waals surface area (Å²) in [6.07, 6.45) is 2.95. The summed E-state index contributed by atoms with van der Waals surface area (Å²) in [4.78, 5) is 14.8. The lowest BCUT2D eigenvalue weighted by Gasteiger charge is -2.31. The van der Waals surface area contributed by atoms with E-state index in [1.165, 1.54) is 11.3 Å². The number of likely N-dealkylation sites (tertiary alicyclic amines) is 1. The van der Waals surface area contributed by atoms with E-state index in [0.29, 0.717) is 29.6 Å². The molecule has 1 amide bonds. The number of fused-ring (bicyclic) bond motifs is 1. The van der Waals surface area contributed by atoms with E-state index in [1.807, 2.05) is 6.07 Å². The third-order valence-corrected chi connectivity index (χ3v) is 6.49. The van der Waals surface area contributed by atoms with Gasteiger partial charge in [0, 0.05) is 37.0 Å². The van der Waals surface area contributed by atoms with Crippen molar-refractivity contribution in [2.75, 3.05) is 26.2 Å². The molecule has 1 unspecified atom stereocenters. The Morgan fingerprint density at radius 1 is 1.12 bits per heavy atom. The third-order valence-electron chi connectivity index (χ3n) is 6.49. The quantitative estimate of drug-likeness (QED) is 0.888. The number of H-pyrrole nitrogens is 1. The molecule has 1 aromatic heterocycles. The molecule has 2 aliphatic heterocycles. The van der Waals surface area contributed by atoms with Crippen molar-refractivity contribution in [2.24, 2.45) is 17.8 Å². The number of carbonyl (C=O) groups excluding carboxylic acids is 1. The maximum absolute atomic E-state index is 12.7. The third kappa shape index (κ3) is 2.94. The van der Waals surface area contributed by atoms with Gasteiger partial charge in [0.15, 0.2) is 0 Å². The highest BCUT2D eigenvalue weighted by molar-refractivity contribution is 5.82. The minimum absolute atomic E-state index is 0.315. The predicted octanol–water partition coefficient (Wildman–Crippen LogP) is 2.17. The first-order valence-electron chi connectivity index (χ1n) is 9.87. The van der Waals surface area contributed by atoms with E-state index in [9.17, 15) is 4.79 Å². The van der Waals surface area contributed by atoms with E-state index < -0.39 is 0 Å². The lowest BCUT2D eigenvalue weighted by molar-refractivity contribution is -0.134. The number of hydrogen-bond acceptors (Lipinski definition) is 3. The molecule has 136 valence electrons. The summed E-state index contributed by atoms with van der Waals surface area (Å²) in [5, 5.41) is 11.1. The van der Waals surface area contributed by atoms with Gasteiger partial charge in [-0.05, 0) is 49.4 Å². The van der Waals surface area contributed by atoms with Gasteiger partial charge in [0.05, 0.1) is 5.69 Å². The Balaban J connectivity index is 1.16. The van der Waals surface area contributed by atoms with Crippen LogP contribution >= 0.6 is 0 Å². The van der Waals surface area contributed by atoms with Gasteiger partial charge >= 0.3 is 0 Å². The van der Waals surface area contributed by atoms with Gasteiger partial charge in [0.25, 0.3) is 0 Å². The Morgan fingerprint density at radius 3 is 2.58 bits per heavy atom. The molecule has 3 heterocycles. The molecule has 3 atom stereocenters. The molecule has 5 rings (SSSR count). The van der Waals surface area contributed by atoms with Crippen molar-refractivity contribution in [1.29, 1.82) is 0 Å². The normalized spacial score (nSPS) is 28.2. The van der Waals surface area contributed by atoms with Crippen LogP contribution in [-0.4, -0.2) is 47.2 Å². The number of carbonyl (C=O) groups is 1. The highest BCUT2D eigenvalue weighted by Crippen LogP contribution is 2.50. The fourth-order valence-electron chi connectivity index (χ4n) is 4.89. The van der Waals surface area contributed by atoms with Crippen LogP contribution in [0.1, 0.15) is 35.7 Å². The summed E-state index contributed by atoms with van der Waals surface area (Å²) < 4.78 is 0. The molecular weight excluding hydrogens is 324 g/mol. The average molecular weight is 350 g/mol. The summed E-state index contributed by atoms with van der Waals surface area (Å²) in [5.74, 6) is 2.43. The zero-order chi connectivity index (χ0) is 17.5. The highest BCUT2D eigenvalue weighted by Gasteiger charge is 2.57. The Labute approximate surface area is 154 Å². The van der Waals surface area contributed by atoms with Crippen LogP contribution in [-0.2, 0) is 11.2 Å². The largest absolute Gasteiger partial charge is 0.342 e. The Hall–Kier alpha value is -2.14. The van der Waals surface area contributed by atoms with E-state index in [1.54, 1.807) is 0 Å². The molecule has 5 nitrogen and oxygen atoms in total. The number of aromatic amines is 1. The molecule has 2 aromatic rings. The fraction of sp³-hybridized carbons (Fsp3) is 0.524. The molecule has 2 N–H and O–H groups in total. The number of hydrogen-bond donors (Lipinski definition) is 2. The Bertz CT molecular complexity index is 768. The van der Waals surface area contributed by atoms with Gasteiger partial charge in [0.1, 0.15) is 0 Å². The summed E-state index contributed by atoms with van der Waals surface area (Å²) in [6.45, 7) is 3.84. The van der Waals surface area contributed by atoms with Crippen LogP contribution in [0.2, 0.25) is 0 Å². The zero-order valence-electron chi connectivity index (χ0n) is 15.0. The molecule has 3 aliphatic rings. The standard InChI is InChI=1S/C21H26N4O/c26-21(20-17-12-22-13-18(17)20)25-8-6-15(7-9-25)19-11-16(23-24-19)10-14-4-2-1-3-5-14/h1-5,11,15,17-18,20,22H,6-10,12-13H2,(H,23,24)/t17-,18+,20?. The van der Waals surface area contributed by atoms with Crippen LogP contribution in [0.5, 0.6) is 0 Å². The summed E-state index contributed by atoms with van der Waals surface area (Å²) in [7, 11) is 0. The van der Waals surface area contributed by atoms with Crippen molar-refractivity contribution < 1.29 is 4.79 Å². The highest BCUT2D eigenvalue weighted by atomic mass is 16.2. The first-order valence-corrected chi connectivity index (χ1v) is 9.87. The van der Waals surface area contributed by atoms with Gasteiger partial charge in [-0.3, -0.25) is 9.89 Å². The molecule has 26 heavy (non-hydrogen) atoms. The van der Waals surface area contributed by atoms with Gasteiger partial charge in [0.2, 0.25) is 5.91 Å². The monoisotopic (exact) mass is 350 g/mol. The van der Waals surface area contributed by atoms with E-state index in [4.69, 9.17) is 0 Å². The maximum atomic E-state index is 12.7. The molecule has 1 aliphatic carbocycles. The van der Waals surface area contributed by atoms with Crippen LogP contribution in [0.3, 0.4) is 0 Å². The number of benzene rings is 1. The maximum Gasteiger partial charge on any atom is 0.226 e. The van der Waals surface area contributed by atoms with E-state index in [2.05, 4.69) is 50.7 Å². The van der Waals surface area contributed by atoms with Crippen LogP contribution in [0, 0.1) is 17.8 Å². The summed E-state index contributed by atoms with van der Waals surface area (Å²) in [6, 6.07) is 12.7. The second-order valence-corrected chi connectivity index (χ2v) is 8.09. The first-order chi connectivity index (χ1) is 12.8. The van der Waals surface area contributed by atoms with Crippen molar-refractivity contribution >= 4 is 5.91 Å². The van der Waals surface area contributed by atoms with Crippen LogP contribution in [0.4, 0.5) is 0 Å². The minimum Gasteiger partial charge on any atom is -0.342 e. The summed E-state index contributed by atoms with van der Waals surface area (Å²) in [5.41, 5.74) is 3.63. The molecular formula is C21H26N4O. The van der Waals surface area contributed by atoms with Gasteiger partial charge in [-0.25, -0.2) is 0 Å². The van der Waals surface area contributed by atoms with Gasteiger partial charge in [-0.2, -0.15) is 5.10 Å². The van der Waals surface area contributed by atoms with E-state index in [-0.39, 0.29) is 0 Å². The molecule has 5 heteroatoms. The van der Waals surface area contributed by atoms with Crippen molar-refractivity contribution in [1.82, 2.24) is 20.4 Å². The van der Waals surface area contributed by atoms with Crippen molar-refractivity contribution in [3.8, 4) is 0 Å². The zero-order valence-corrected chi connectivity index (χ0v) is 15.0. The Kier molecular flexibility index (Phi) is 4.04. The van der Waals surface area contributed by atoms with Crippen molar-refractivity contribution in [3.05, 3.63) is 53.3 Å². The first kappa shape index (κ1) is 16.1. The SMILES string of the molecule is O=C(C1[C@H]2CNC[C@@H]12)N1CCC(c2cc(Cc3ccccc3)[nH]n2)CC1. The van der Waals surface area contributed by atoms with Crippen LogP contribution in [0.15, 0.2) is 36.4 Å². The number of piperidine rings is 2. The lowest BCUT2D eigenvalue weighted by atomic mass is 9.93.